The maximum atomic E-state index is 13.4. The van der Waals surface area contributed by atoms with Crippen LogP contribution in [0.5, 0.6) is 0 Å². The summed E-state index contributed by atoms with van der Waals surface area (Å²) in [6.45, 7) is 5.94. The molecule has 0 bridgehead atoms. The van der Waals surface area contributed by atoms with Gasteiger partial charge >= 0.3 is 0 Å². The molecule has 0 aromatic heterocycles. The van der Waals surface area contributed by atoms with Gasteiger partial charge in [0, 0.05) is 6.54 Å². The molecule has 1 aromatic carbocycles. The Morgan fingerprint density at radius 3 is 2.63 bits per heavy atom. The van der Waals surface area contributed by atoms with Crippen LogP contribution in [0.4, 0.5) is 10.1 Å². The van der Waals surface area contributed by atoms with Crippen molar-refractivity contribution in [2.45, 2.75) is 45.6 Å². The van der Waals surface area contributed by atoms with Crippen molar-refractivity contribution in [2.24, 2.45) is 5.41 Å². The van der Waals surface area contributed by atoms with E-state index in [-0.39, 0.29) is 5.82 Å². The second kappa shape index (κ2) is 6.38. The summed E-state index contributed by atoms with van der Waals surface area (Å²) in [5.74, 6) is -0.207. The first-order chi connectivity index (χ1) is 9.07. The molecule has 0 spiro atoms. The molecular weight excluding hydrogens is 241 g/mol. The Kier molecular flexibility index (Phi) is 4.81. The van der Waals surface area contributed by atoms with Crippen LogP contribution in [0.25, 0.3) is 0 Å². The van der Waals surface area contributed by atoms with Gasteiger partial charge in [0.1, 0.15) is 5.82 Å². The third-order valence-electron chi connectivity index (χ3n) is 3.93. The Morgan fingerprint density at radius 2 is 1.95 bits per heavy atom. The zero-order valence-electron chi connectivity index (χ0n) is 11.9. The Labute approximate surface area is 115 Å². The zero-order valence-corrected chi connectivity index (χ0v) is 11.9. The predicted octanol–water partition coefficient (Wildman–Crippen LogP) is 4.22. The summed E-state index contributed by atoms with van der Waals surface area (Å²) in [4.78, 5) is 0. The lowest BCUT2D eigenvalue weighted by Crippen LogP contribution is -2.27. The highest BCUT2D eigenvalue weighted by molar-refractivity contribution is 5.44. The fourth-order valence-electron chi connectivity index (χ4n) is 2.56. The molecule has 0 unspecified atom stereocenters. The van der Waals surface area contributed by atoms with Gasteiger partial charge in [-0.15, -0.1) is 0 Å². The quantitative estimate of drug-likeness (QED) is 0.805. The minimum Gasteiger partial charge on any atom is -0.380 e. The van der Waals surface area contributed by atoms with Gasteiger partial charge in [0.15, 0.2) is 0 Å². The molecule has 0 amide bonds. The maximum absolute atomic E-state index is 13.4. The van der Waals surface area contributed by atoms with Gasteiger partial charge < -0.3 is 10.1 Å². The summed E-state index contributed by atoms with van der Waals surface area (Å²) < 4.78 is 19.2. The molecule has 1 aliphatic carbocycles. The number of halogens is 1. The van der Waals surface area contributed by atoms with Crippen LogP contribution in [0.2, 0.25) is 0 Å². The SMILES string of the molecule is CC1(C)CCC(OCCNc2ccccc2F)CC1. The molecule has 3 heteroatoms. The summed E-state index contributed by atoms with van der Waals surface area (Å²) in [5.41, 5.74) is 1.03. The monoisotopic (exact) mass is 265 g/mol. The summed E-state index contributed by atoms with van der Waals surface area (Å²) in [7, 11) is 0. The van der Waals surface area contributed by atoms with Crippen LogP contribution >= 0.6 is 0 Å². The van der Waals surface area contributed by atoms with E-state index in [0.717, 1.165) is 12.8 Å². The van der Waals surface area contributed by atoms with E-state index in [1.165, 1.54) is 18.9 Å². The first-order valence-electron chi connectivity index (χ1n) is 7.17. The smallest absolute Gasteiger partial charge is 0.146 e. The molecule has 19 heavy (non-hydrogen) atoms. The van der Waals surface area contributed by atoms with E-state index in [2.05, 4.69) is 19.2 Å². The third-order valence-corrected chi connectivity index (χ3v) is 3.93. The van der Waals surface area contributed by atoms with Crippen molar-refractivity contribution in [1.82, 2.24) is 0 Å². The summed E-state index contributed by atoms with van der Waals surface area (Å²) in [6, 6.07) is 6.74. The van der Waals surface area contributed by atoms with Crippen molar-refractivity contribution < 1.29 is 9.13 Å². The molecule has 0 heterocycles. The average Bonchev–Trinajstić information content (AvgIpc) is 2.38. The minimum absolute atomic E-state index is 0.207. The number of anilines is 1. The van der Waals surface area contributed by atoms with E-state index >= 15 is 0 Å². The fraction of sp³-hybridized carbons (Fsp3) is 0.625. The summed E-state index contributed by atoms with van der Waals surface area (Å²) >= 11 is 0. The van der Waals surface area contributed by atoms with E-state index in [9.17, 15) is 4.39 Å². The van der Waals surface area contributed by atoms with Crippen LogP contribution in [-0.4, -0.2) is 19.3 Å². The topological polar surface area (TPSA) is 21.3 Å². The van der Waals surface area contributed by atoms with Gasteiger partial charge in [-0.3, -0.25) is 0 Å². The molecule has 1 saturated carbocycles. The molecule has 1 aliphatic rings. The molecule has 1 aromatic rings. The Balaban J connectivity index is 1.64. The third kappa shape index (κ3) is 4.50. The predicted molar refractivity (Wildman–Crippen MR) is 76.9 cm³/mol. The van der Waals surface area contributed by atoms with Crippen molar-refractivity contribution in [3.05, 3.63) is 30.1 Å². The van der Waals surface area contributed by atoms with Crippen LogP contribution in [0.15, 0.2) is 24.3 Å². The van der Waals surface area contributed by atoms with Crippen molar-refractivity contribution in [1.29, 1.82) is 0 Å². The molecule has 2 rings (SSSR count). The van der Waals surface area contributed by atoms with E-state index < -0.39 is 0 Å². The number of rotatable bonds is 5. The lowest BCUT2D eigenvalue weighted by atomic mass is 9.76. The number of ether oxygens (including phenoxy) is 1. The summed E-state index contributed by atoms with van der Waals surface area (Å²) in [5, 5.41) is 3.07. The average molecular weight is 265 g/mol. The first kappa shape index (κ1) is 14.3. The zero-order chi connectivity index (χ0) is 13.7. The van der Waals surface area contributed by atoms with Crippen molar-refractivity contribution in [3.8, 4) is 0 Å². The van der Waals surface area contributed by atoms with Crippen molar-refractivity contribution in [2.75, 3.05) is 18.5 Å². The second-order valence-electron chi connectivity index (χ2n) is 6.14. The van der Waals surface area contributed by atoms with Gasteiger partial charge in [0.05, 0.1) is 18.4 Å². The van der Waals surface area contributed by atoms with Crippen molar-refractivity contribution in [3.63, 3.8) is 0 Å². The number of benzene rings is 1. The highest BCUT2D eigenvalue weighted by atomic mass is 19.1. The normalized spacial score (nSPS) is 19.3. The van der Waals surface area contributed by atoms with Gasteiger partial charge in [-0.25, -0.2) is 4.39 Å². The lowest BCUT2D eigenvalue weighted by molar-refractivity contribution is 0.00943. The molecular formula is C16H24FNO. The van der Waals surface area contributed by atoms with Gasteiger partial charge in [0.2, 0.25) is 0 Å². The minimum atomic E-state index is -0.207. The van der Waals surface area contributed by atoms with Gasteiger partial charge in [-0.1, -0.05) is 26.0 Å². The van der Waals surface area contributed by atoms with E-state index in [4.69, 9.17) is 4.74 Å². The fourth-order valence-corrected chi connectivity index (χ4v) is 2.56. The number of hydrogen-bond acceptors (Lipinski definition) is 2. The van der Waals surface area contributed by atoms with Crippen LogP contribution in [-0.2, 0) is 4.74 Å². The van der Waals surface area contributed by atoms with E-state index in [1.54, 1.807) is 12.1 Å². The van der Waals surface area contributed by atoms with E-state index in [0.29, 0.717) is 30.4 Å². The second-order valence-corrected chi connectivity index (χ2v) is 6.14. The Morgan fingerprint density at radius 1 is 1.26 bits per heavy atom. The van der Waals surface area contributed by atoms with Gasteiger partial charge in [-0.05, 0) is 43.2 Å². The lowest BCUT2D eigenvalue weighted by Gasteiger charge is -2.34. The molecule has 0 aliphatic heterocycles. The molecule has 0 saturated heterocycles. The molecule has 1 fully saturated rings. The van der Waals surface area contributed by atoms with Crippen LogP contribution in [0.3, 0.4) is 0 Å². The van der Waals surface area contributed by atoms with E-state index in [1.807, 2.05) is 6.07 Å². The maximum Gasteiger partial charge on any atom is 0.146 e. The Bertz CT molecular complexity index is 395. The van der Waals surface area contributed by atoms with Gasteiger partial charge in [-0.2, -0.15) is 0 Å². The molecule has 106 valence electrons. The van der Waals surface area contributed by atoms with Gasteiger partial charge in [0.25, 0.3) is 0 Å². The van der Waals surface area contributed by atoms with Crippen LogP contribution in [0, 0.1) is 11.2 Å². The largest absolute Gasteiger partial charge is 0.380 e. The highest BCUT2D eigenvalue weighted by Gasteiger charge is 2.26. The molecule has 2 nitrogen and oxygen atoms in total. The first-order valence-corrected chi connectivity index (χ1v) is 7.17. The van der Waals surface area contributed by atoms with Crippen LogP contribution in [0.1, 0.15) is 39.5 Å². The molecule has 0 atom stereocenters. The number of para-hydroxylation sites is 1. The molecule has 1 N–H and O–H groups in total. The Hall–Kier alpha value is -1.09. The molecule has 0 radical (unpaired) electrons. The highest BCUT2D eigenvalue weighted by Crippen LogP contribution is 2.36. The standard InChI is InChI=1S/C16H24FNO/c1-16(2)9-7-13(8-10-16)19-12-11-18-15-6-4-3-5-14(15)17/h3-6,13,18H,7-12H2,1-2H3. The van der Waals surface area contributed by atoms with Crippen LogP contribution < -0.4 is 5.32 Å². The number of nitrogens with one attached hydrogen (secondary N) is 1. The summed E-state index contributed by atoms with van der Waals surface area (Å²) in [6.07, 6.45) is 5.14. The van der Waals surface area contributed by atoms with Crippen molar-refractivity contribution >= 4 is 5.69 Å². The number of hydrogen-bond donors (Lipinski definition) is 1.